The number of aliphatic imine (C=N–C) groups is 1. The summed E-state index contributed by atoms with van der Waals surface area (Å²) in [6.45, 7) is 4.04. The molecule has 1 atom stereocenters. The molecular weight excluding hydrogens is 232 g/mol. The van der Waals surface area contributed by atoms with Crippen LogP contribution in [0, 0.1) is 0 Å². The van der Waals surface area contributed by atoms with Crippen LogP contribution in [0.3, 0.4) is 0 Å². The second-order valence-corrected chi connectivity index (χ2v) is 3.62. The number of carbonyl (C=O) groups is 1. The number of rotatable bonds is 5. The number of carboxylic acids is 1. The fraction of sp³-hybridized carbons (Fsp3) is 0.385. The SMILES string of the molecule is CCC(C)NCC(=O)O.O=C=Nc1ccccc1. The molecule has 1 aromatic rings. The molecule has 0 radical (unpaired) electrons. The van der Waals surface area contributed by atoms with E-state index in [-0.39, 0.29) is 6.54 Å². The molecule has 0 heterocycles. The molecule has 2 N–H and O–H groups in total. The van der Waals surface area contributed by atoms with Gasteiger partial charge in [0, 0.05) is 6.04 Å². The van der Waals surface area contributed by atoms with Gasteiger partial charge in [0.1, 0.15) is 0 Å². The summed E-state index contributed by atoms with van der Waals surface area (Å²) in [7, 11) is 0. The summed E-state index contributed by atoms with van der Waals surface area (Å²) in [4.78, 5) is 23.0. The molecule has 18 heavy (non-hydrogen) atoms. The summed E-state index contributed by atoms with van der Waals surface area (Å²) >= 11 is 0. The van der Waals surface area contributed by atoms with Crippen molar-refractivity contribution < 1.29 is 14.7 Å². The Labute approximate surface area is 107 Å². The summed E-state index contributed by atoms with van der Waals surface area (Å²) < 4.78 is 0. The Morgan fingerprint density at radius 3 is 2.50 bits per heavy atom. The molecule has 0 aliphatic carbocycles. The van der Waals surface area contributed by atoms with Gasteiger partial charge in [0.25, 0.3) is 0 Å². The zero-order valence-electron chi connectivity index (χ0n) is 10.6. The van der Waals surface area contributed by atoms with Crippen molar-refractivity contribution in [2.45, 2.75) is 26.3 Å². The molecule has 98 valence electrons. The Balaban J connectivity index is 0.000000321. The number of carboxylic acid groups (broad SMARTS) is 1. The van der Waals surface area contributed by atoms with E-state index in [1.165, 1.54) is 6.08 Å². The number of nitrogens with one attached hydrogen (secondary N) is 1. The molecule has 0 saturated carbocycles. The van der Waals surface area contributed by atoms with Gasteiger partial charge in [0.05, 0.1) is 12.2 Å². The van der Waals surface area contributed by atoms with Crippen LogP contribution in [0.1, 0.15) is 20.3 Å². The van der Waals surface area contributed by atoms with E-state index in [1.54, 1.807) is 12.1 Å². The van der Waals surface area contributed by atoms with E-state index in [1.807, 2.05) is 32.0 Å². The smallest absolute Gasteiger partial charge is 0.317 e. The van der Waals surface area contributed by atoms with Crippen molar-refractivity contribution in [1.29, 1.82) is 0 Å². The number of hydrogen-bond donors (Lipinski definition) is 2. The van der Waals surface area contributed by atoms with Crippen LogP contribution in [0.15, 0.2) is 35.3 Å². The number of isocyanates is 1. The zero-order chi connectivity index (χ0) is 13.8. The highest BCUT2D eigenvalue weighted by atomic mass is 16.4. The monoisotopic (exact) mass is 250 g/mol. The maximum absolute atomic E-state index is 9.96. The van der Waals surface area contributed by atoms with E-state index < -0.39 is 5.97 Å². The molecule has 0 aliphatic rings. The summed E-state index contributed by atoms with van der Waals surface area (Å²) in [6, 6.07) is 9.28. The molecule has 0 saturated heterocycles. The van der Waals surface area contributed by atoms with Crippen LogP contribution in [-0.2, 0) is 9.59 Å². The van der Waals surface area contributed by atoms with E-state index in [4.69, 9.17) is 5.11 Å². The first-order chi connectivity index (χ1) is 8.60. The highest BCUT2D eigenvalue weighted by Crippen LogP contribution is 2.06. The lowest BCUT2D eigenvalue weighted by atomic mass is 10.3. The third kappa shape index (κ3) is 9.27. The molecule has 0 fully saturated rings. The van der Waals surface area contributed by atoms with E-state index in [0.717, 1.165) is 6.42 Å². The van der Waals surface area contributed by atoms with Crippen molar-refractivity contribution >= 4 is 17.7 Å². The molecule has 0 amide bonds. The fourth-order valence-electron chi connectivity index (χ4n) is 0.961. The van der Waals surface area contributed by atoms with Gasteiger partial charge in [-0.2, -0.15) is 4.99 Å². The predicted molar refractivity (Wildman–Crippen MR) is 69.6 cm³/mol. The standard InChI is InChI=1S/C7H5NO.C6H13NO2/c9-6-8-7-4-2-1-3-5-7;1-3-5(2)7-4-6(8)9/h1-5H;5,7H,3-4H2,1-2H3,(H,8,9). The van der Waals surface area contributed by atoms with Crippen LogP contribution >= 0.6 is 0 Å². The summed E-state index contributed by atoms with van der Waals surface area (Å²) in [6.07, 6.45) is 2.42. The van der Waals surface area contributed by atoms with Gasteiger partial charge < -0.3 is 10.4 Å². The second-order valence-electron chi connectivity index (χ2n) is 3.62. The molecular formula is C13H18N2O3. The largest absolute Gasteiger partial charge is 0.480 e. The number of hydrogen-bond acceptors (Lipinski definition) is 4. The van der Waals surface area contributed by atoms with E-state index in [9.17, 15) is 9.59 Å². The molecule has 1 unspecified atom stereocenters. The lowest BCUT2D eigenvalue weighted by molar-refractivity contribution is -0.136. The average molecular weight is 250 g/mol. The Kier molecular flexibility index (Phi) is 9.08. The van der Waals surface area contributed by atoms with Gasteiger partial charge in [-0.05, 0) is 25.5 Å². The lowest BCUT2D eigenvalue weighted by Crippen LogP contribution is -2.30. The Hall–Kier alpha value is -1.97. The predicted octanol–water partition coefficient (Wildman–Crippen LogP) is 2.11. The van der Waals surface area contributed by atoms with Crippen molar-refractivity contribution in [3.8, 4) is 0 Å². The van der Waals surface area contributed by atoms with Gasteiger partial charge in [0.2, 0.25) is 6.08 Å². The lowest BCUT2D eigenvalue weighted by Gasteiger charge is -2.07. The molecule has 5 nitrogen and oxygen atoms in total. The van der Waals surface area contributed by atoms with Crippen LogP contribution in [0.5, 0.6) is 0 Å². The fourth-order valence-corrected chi connectivity index (χ4v) is 0.961. The first-order valence-corrected chi connectivity index (χ1v) is 5.68. The van der Waals surface area contributed by atoms with Crippen molar-refractivity contribution in [3.05, 3.63) is 30.3 Å². The van der Waals surface area contributed by atoms with Gasteiger partial charge in [-0.1, -0.05) is 25.1 Å². The molecule has 0 bridgehead atoms. The third-order valence-corrected chi connectivity index (χ3v) is 2.15. The number of aliphatic carboxylic acids is 1. The van der Waals surface area contributed by atoms with Gasteiger partial charge in [-0.15, -0.1) is 0 Å². The van der Waals surface area contributed by atoms with Gasteiger partial charge >= 0.3 is 5.97 Å². The maximum atomic E-state index is 9.96. The van der Waals surface area contributed by atoms with Gasteiger partial charge in [0.15, 0.2) is 0 Å². The molecule has 1 aromatic carbocycles. The van der Waals surface area contributed by atoms with Crippen LogP contribution in [-0.4, -0.2) is 29.7 Å². The minimum absolute atomic E-state index is 0.0645. The quantitative estimate of drug-likeness (QED) is 0.619. The number of para-hydroxylation sites is 1. The Morgan fingerprint density at radius 1 is 1.44 bits per heavy atom. The van der Waals surface area contributed by atoms with E-state index in [0.29, 0.717) is 11.7 Å². The van der Waals surface area contributed by atoms with Gasteiger partial charge in [-0.25, -0.2) is 4.79 Å². The maximum Gasteiger partial charge on any atom is 0.317 e. The van der Waals surface area contributed by atoms with Crippen LogP contribution in [0.2, 0.25) is 0 Å². The molecule has 0 aromatic heterocycles. The zero-order valence-corrected chi connectivity index (χ0v) is 10.6. The minimum Gasteiger partial charge on any atom is -0.480 e. The molecule has 0 spiro atoms. The van der Waals surface area contributed by atoms with Gasteiger partial charge in [-0.3, -0.25) is 4.79 Å². The average Bonchev–Trinajstić information content (AvgIpc) is 2.38. The minimum atomic E-state index is -0.796. The van der Waals surface area contributed by atoms with Crippen molar-refractivity contribution in [2.75, 3.05) is 6.54 Å². The number of benzene rings is 1. The van der Waals surface area contributed by atoms with Crippen molar-refractivity contribution in [2.24, 2.45) is 4.99 Å². The molecule has 5 heteroatoms. The molecule has 1 rings (SSSR count). The highest BCUT2D eigenvalue weighted by molar-refractivity contribution is 5.69. The van der Waals surface area contributed by atoms with Crippen molar-refractivity contribution in [3.63, 3.8) is 0 Å². The summed E-state index contributed by atoms with van der Waals surface area (Å²) in [5.41, 5.74) is 0.646. The number of nitrogens with zero attached hydrogens (tertiary/aromatic N) is 1. The Morgan fingerprint density at radius 2 is 2.06 bits per heavy atom. The first kappa shape index (κ1) is 16.0. The number of carbonyl (C=O) groups excluding carboxylic acids is 1. The topological polar surface area (TPSA) is 78.8 Å². The third-order valence-electron chi connectivity index (χ3n) is 2.15. The van der Waals surface area contributed by atoms with Crippen LogP contribution in [0.25, 0.3) is 0 Å². The van der Waals surface area contributed by atoms with E-state index in [2.05, 4.69) is 10.3 Å². The van der Waals surface area contributed by atoms with Crippen LogP contribution in [0.4, 0.5) is 5.69 Å². The van der Waals surface area contributed by atoms with E-state index >= 15 is 0 Å². The Bertz CT molecular complexity index is 386. The highest BCUT2D eigenvalue weighted by Gasteiger charge is 1.99. The van der Waals surface area contributed by atoms with Crippen LogP contribution < -0.4 is 5.32 Å². The summed E-state index contributed by atoms with van der Waals surface area (Å²) in [5, 5.41) is 11.0. The summed E-state index contributed by atoms with van der Waals surface area (Å²) in [5.74, 6) is -0.796. The second kappa shape index (κ2) is 10.2. The van der Waals surface area contributed by atoms with Crippen molar-refractivity contribution in [1.82, 2.24) is 5.32 Å². The first-order valence-electron chi connectivity index (χ1n) is 5.68. The molecule has 0 aliphatic heterocycles. The normalized spacial score (nSPS) is 10.6.